The van der Waals surface area contributed by atoms with Crippen molar-refractivity contribution >= 4 is 22.6 Å². The molecule has 1 heterocycles. The van der Waals surface area contributed by atoms with Crippen LogP contribution in [0.1, 0.15) is 12.6 Å². The number of para-hydroxylation sites is 1. The standard InChI is InChI=1S/C14H16N2O2/c1-3-15-13-8-10(9-14(17)18-2)16-12-7-5-4-6-11(12)13/h4-8H,3,9H2,1-2H3,(H,15,16). The van der Waals surface area contributed by atoms with Gasteiger partial charge in [-0.3, -0.25) is 9.78 Å². The highest BCUT2D eigenvalue weighted by molar-refractivity contribution is 5.91. The van der Waals surface area contributed by atoms with Gasteiger partial charge in [-0.05, 0) is 19.1 Å². The Morgan fingerprint density at radius 3 is 2.89 bits per heavy atom. The van der Waals surface area contributed by atoms with Crippen LogP contribution in [-0.2, 0) is 16.0 Å². The minimum Gasteiger partial charge on any atom is -0.469 e. The van der Waals surface area contributed by atoms with Crippen molar-refractivity contribution < 1.29 is 9.53 Å². The molecule has 4 heteroatoms. The van der Waals surface area contributed by atoms with Gasteiger partial charge in [-0.2, -0.15) is 0 Å². The second-order valence-electron chi connectivity index (χ2n) is 3.96. The van der Waals surface area contributed by atoms with Crippen molar-refractivity contribution in [2.45, 2.75) is 13.3 Å². The molecule has 0 aliphatic carbocycles. The quantitative estimate of drug-likeness (QED) is 0.839. The average Bonchev–Trinajstić information content (AvgIpc) is 2.39. The first kappa shape index (κ1) is 12.4. The Hall–Kier alpha value is -2.10. The third-order valence-electron chi connectivity index (χ3n) is 2.69. The van der Waals surface area contributed by atoms with Gasteiger partial charge in [0.25, 0.3) is 0 Å². The molecule has 18 heavy (non-hydrogen) atoms. The highest BCUT2D eigenvalue weighted by Crippen LogP contribution is 2.23. The molecule has 0 radical (unpaired) electrons. The van der Waals surface area contributed by atoms with E-state index in [9.17, 15) is 4.79 Å². The fraction of sp³-hybridized carbons (Fsp3) is 0.286. The molecule has 0 bridgehead atoms. The molecule has 1 aromatic heterocycles. The zero-order valence-electron chi connectivity index (χ0n) is 10.6. The number of benzene rings is 1. The number of nitrogens with zero attached hydrogens (tertiary/aromatic N) is 1. The number of rotatable bonds is 4. The van der Waals surface area contributed by atoms with E-state index in [2.05, 4.69) is 15.0 Å². The van der Waals surface area contributed by atoms with Crippen molar-refractivity contribution in [3.8, 4) is 0 Å². The van der Waals surface area contributed by atoms with Crippen LogP contribution in [-0.4, -0.2) is 24.6 Å². The first-order valence-corrected chi connectivity index (χ1v) is 5.94. The van der Waals surface area contributed by atoms with Crippen molar-refractivity contribution in [2.75, 3.05) is 19.0 Å². The first-order valence-electron chi connectivity index (χ1n) is 5.94. The van der Waals surface area contributed by atoms with E-state index in [-0.39, 0.29) is 12.4 Å². The van der Waals surface area contributed by atoms with Gasteiger partial charge < -0.3 is 10.1 Å². The van der Waals surface area contributed by atoms with Crippen LogP contribution in [0.3, 0.4) is 0 Å². The van der Waals surface area contributed by atoms with Gasteiger partial charge in [0.15, 0.2) is 0 Å². The molecule has 0 saturated carbocycles. The van der Waals surface area contributed by atoms with Crippen molar-refractivity contribution in [2.24, 2.45) is 0 Å². The second-order valence-corrected chi connectivity index (χ2v) is 3.96. The second kappa shape index (κ2) is 5.49. The third-order valence-corrected chi connectivity index (χ3v) is 2.69. The topological polar surface area (TPSA) is 51.2 Å². The molecule has 0 fully saturated rings. The van der Waals surface area contributed by atoms with Crippen LogP contribution in [0.4, 0.5) is 5.69 Å². The monoisotopic (exact) mass is 244 g/mol. The Labute approximate surface area is 106 Å². The van der Waals surface area contributed by atoms with Crippen LogP contribution < -0.4 is 5.32 Å². The van der Waals surface area contributed by atoms with E-state index >= 15 is 0 Å². The summed E-state index contributed by atoms with van der Waals surface area (Å²) in [5, 5.41) is 4.35. The van der Waals surface area contributed by atoms with Gasteiger partial charge in [0.05, 0.1) is 24.7 Å². The average molecular weight is 244 g/mol. The van der Waals surface area contributed by atoms with Crippen molar-refractivity contribution in [1.82, 2.24) is 4.98 Å². The number of carbonyl (C=O) groups excluding carboxylic acids is 1. The minimum atomic E-state index is -0.278. The highest BCUT2D eigenvalue weighted by atomic mass is 16.5. The van der Waals surface area contributed by atoms with Crippen LogP contribution in [0.15, 0.2) is 30.3 Å². The summed E-state index contributed by atoms with van der Waals surface area (Å²) in [6.45, 7) is 2.86. The molecule has 0 aliphatic heterocycles. The molecular weight excluding hydrogens is 228 g/mol. The summed E-state index contributed by atoms with van der Waals surface area (Å²) in [5.41, 5.74) is 2.60. The number of ether oxygens (including phenoxy) is 1. The first-order chi connectivity index (χ1) is 8.74. The molecule has 1 aromatic carbocycles. The maximum absolute atomic E-state index is 11.3. The molecule has 0 spiro atoms. The Morgan fingerprint density at radius 1 is 1.39 bits per heavy atom. The van der Waals surface area contributed by atoms with Crippen molar-refractivity contribution in [1.29, 1.82) is 0 Å². The van der Waals surface area contributed by atoms with Gasteiger partial charge in [0.2, 0.25) is 0 Å². The van der Waals surface area contributed by atoms with Gasteiger partial charge in [-0.15, -0.1) is 0 Å². The Bertz CT molecular complexity index is 567. The zero-order valence-corrected chi connectivity index (χ0v) is 10.6. The lowest BCUT2D eigenvalue weighted by atomic mass is 10.1. The number of methoxy groups -OCH3 is 1. The number of aromatic nitrogens is 1. The SMILES string of the molecule is CCNc1cc(CC(=O)OC)nc2ccccc12. The molecule has 4 nitrogen and oxygen atoms in total. The maximum Gasteiger partial charge on any atom is 0.311 e. The molecular formula is C14H16N2O2. The Kier molecular flexibility index (Phi) is 3.77. The largest absolute Gasteiger partial charge is 0.469 e. The Balaban J connectivity index is 2.46. The third kappa shape index (κ3) is 2.59. The molecule has 0 unspecified atom stereocenters. The summed E-state index contributed by atoms with van der Waals surface area (Å²) in [7, 11) is 1.38. The smallest absolute Gasteiger partial charge is 0.311 e. The number of esters is 1. The molecule has 2 rings (SSSR count). The molecule has 0 saturated heterocycles. The van der Waals surface area contributed by atoms with Gasteiger partial charge in [-0.25, -0.2) is 0 Å². The number of fused-ring (bicyclic) bond motifs is 1. The van der Waals surface area contributed by atoms with Crippen LogP contribution >= 0.6 is 0 Å². The van der Waals surface area contributed by atoms with Crippen LogP contribution in [0, 0.1) is 0 Å². The molecule has 0 atom stereocenters. The number of hydrogen-bond acceptors (Lipinski definition) is 4. The van der Waals surface area contributed by atoms with E-state index in [1.165, 1.54) is 7.11 Å². The summed E-state index contributed by atoms with van der Waals surface area (Å²) >= 11 is 0. The minimum absolute atomic E-state index is 0.194. The van der Waals surface area contributed by atoms with Crippen molar-refractivity contribution in [3.63, 3.8) is 0 Å². The summed E-state index contributed by atoms with van der Waals surface area (Å²) in [4.78, 5) is 15.8. The highest BCUT2D eigenvalue weighted by Gasteiger charge is 2.08. The Morgan fingerprint density at radius 2 is 2.17 bits per heavy atom. The summed E-state index contributed by atoms with van der Waals surface area (Å²) in [6, 6.07) is 9.78. The van der Waals surface area contributed by atoms with E-state index in [0.717, 1.165) is 28.8 Å². The normalized spacial score (nSPS) is 10.3. The molecule has 94 valence electrons. The van der Waals surface area contributed by atoms with Gasteiger partial charge in [-0.1, -0.05) is 18.2 Å². The predicted molar refractivity (Wildman–Crippen MR) is 71.6 cm³/mol. The van der Waals surface area contributed by atoms with Crippen LogP contribution in [0.25, 0.3) is 10.9 Å². The predicted octanol–water partition coefficient (Wildman–Crippen LogP) is 2.38. The maximum atomic E-state index is 11.3. The molecule has 0 aliphatic rings. The summed E-state index contributed by atoms with van der Waals surface area (Å²) in [6.07, 6.45) is 0.194. The summed E-state index contributed by atoms with van der Waals surface area (Å²) in [5.74, 6) is -0.278. The van der Waals surface area contributed by atoms with Gasteiger partial charge in [0.1, 0.15) is 0 Å². The van der Waals surface area contributed by atoms with E-state index in [1.54, 1.807) is 0 Å². The number of hydrogen-bond donors (Lipinski definition) is 1. The lowest BCUT2D eigenvalue weighted by Crippen LogP contribution is -2.07. The molecule has 1 N–H and O–H groups in total. The summed E-state index contributed by atoms with van der Waals surface area (Å²) < 4.78 is 4.67. The molecule has 2 aromatic rings. The number of carbonyl (C=O) groups is 1. The lowest BCUT2D eigenvalue weighted by Gasteiger charge is -2.10. The van der Waals surface area contributed by atoms with Gasteiger partial charge in [0, 0.05) is 17.6 Å². The lowest BCUT2D eigenvalue weighted by molar-refractivity contribution is -0.139. The van der Waals surface area contributed by atoms with E-state index in [4.69, 9.17) is 0 Å². The van der Waals surface area contributed by atoms with E-state index in [1.807, 2.05) is 37.3 Å². The van der Waals surface area contributed by atoms with Crippen LogP contribution in [0.2, 0.25) is 0 Å². The number of pyridine rings is 1. The fourth-order valence-electron chi connectivity index (χ4n) is 1.88. The van der Waals surface area contributed by atoms with Crippen LogP contribution in [0.5, 0.6) is 0 Å². The zero-order chi connectivity index (χ0) is 13.0. The van der Waals surface area contributed by atoms with Gasteiger partial charge >= 0.3 is 5.97 Å². The van der Waals surface area contributed by atoms with E-state index < -0.39 is 0 Å². The number of anilines is 1. The molecule has 0 amide bonds. The van der Waals surface area contributed by atoms with Crippen molar-refractivity contribution in [3.05, 3.63) is 36.0 Å². The number of nitrogens with one attached hydrogen (secondary N) is 1. The van der Waals surface area contributed by atoms with E-state index in [0.29, 0.717) is 0 Å². The fourth-order valence-corrected chi connectivity index (χ4v) is 1.88.